The SMILES string of the molecule is CCOc1cc(CNC(C)(C)CC)cc(Br)c1OCc1c(Cl)cccc1Cl. The molecule has 2 rings (SSSR count). The van der Waals surface area contributed by atoms with Gasteiger partial charge in [-0.2, -0.15) is 0 Å². The van der Waals surface area contributed by atoms with E-state index in [0.717, 1.165) is 28.6 Å². The molecule has 0 unspecified atom stereocenters. The number of rotatable bonds is 9. The molecule has 27 heavy (non-hydrogen) atoms. The molecule has 0 spiro atoms. The van der Waals surface area contributed by atoms with Crippen LogP contribution in [0.25, 0.3) is 0 Å². The number of hydrogen-bond donors (Lipinski definition) is 1. The molecule has 0 bridgehead atoms. The fourth-order valence-electron chi connectivity index (χ4n) is 2.41. The summed E-state index contributed by atoms with van der Waals surface area (Å²) in [5.41, 5.74) is 1.95. The number of nitrogens with one attached hydrogen (secondary N) is 1. The van der Waals surface area contributed by atoms with Crippen LogP contribution in [0.15, 0.2) is 34.8 Å². The lowest BCUT2D eigenvalue weighted by Crippen LogP contribution is -2.37. The molecular formula is C21H26BrCl2NO2. The smallest absolute Gasteiger partial charge is 0.175 e. The molecule has 0 heterocycles. The monoisotopic (exact) mass is 473 g/mol. The Morgan fingerprint density at radius 3 is 2.33 bits per heavy atom. The zero-order valence-corrected chi connectivity index (χ0v) is 19.3. The van der Waals surface area contributed by atoms with Crippen molar-refractivity contribution in [1.82, 2.24) is 5.32 Å². The summed E-state index contributed by atoms with van der Waals surface area (Å²) in [6.45, 7) is 10.1. The Balaban J connectivity index is 2.22. The van der Waals surface area contributed by atoms with E-state index in [1.54, 1.807) is 12.1 Å². The first-order chi connectivity index (χ1) is 12.8. The van der Waals surface area contributed by atoms with Crippen LogP contribution in [-0.4, -0.2) is 12.1 Å². The van der Waals surface area contributed by atoms with Gasteiger partial charge in [-0.3, -0.25) is 0 Å². The second kappa shape index (κ2) is 10.0. The van der Waals surface area contributed by atoms with Crippen LogP contribution in [0.5, 0.6) is 11.5 Å². The lowest BCUT2D eigenvalue weighted by atomic mass is 10.0. The van der Waals surface area contributed by atoms with Crippen molar-refractivity contribution in [2.45, 2.75) is 52.8 Å². The van der Waals surface area contributed by atoms with Crippen molar-refractivity contribution in [3.63, 3.8) is 0 Å². The molecule has 2 aromatic carbocycles. The summed E-state index contributed by atoms with van der Waals surface area (Å²) in [4.78, 5) is 0. The lowest BCUT2D eigenvalue weighted by molar-refractivity contribution is 0.267. The molecule has 0 aliphatic carbocycles. The standard InChI is InChI=1S/C21H26BrCl2NO2/c1-5-21(3,4)25-12-14-10-16(22)20(19(11-14)26-6-2)27-13-15-17(23)8-7-9-18(15)24/h7-11,25H,5-6,12-13H2,1-4H3. The van der Waals surface area contributed by atoms with Crippen molar-refractivity contribution < 1.29 is 9.47 Å². The number of benzene rings is 2. The van der Waals surface area contributed by atoms with E-state index >= 15 is 0 Å². The Hall–Kier alpha value is -0.940. The van der Waals surface area contributed by atoms with Crippen molar-refractivity contribution in [1.29, 1.82) is 0 Å². The van der Waals surface area contributed by atoms with Gasteiger partial charge in [0.25, 0.3) is 0 Å². The molecular weight excluding hydrogens is 449 g/mol. The van der Waals surface area contributed by atoms with E-state index in [9.17, 15) is 0 Å². The highest BCUT2D eigenvalue weighted by Crippen LogP contribution is 2.38. The van der Waals surface area contributed by atoms with E-state index in [1.165, 1.54) is 0 Å². The van der Waals surface area contributed by atoms with Gasteiger partial charge in [-0.25, -0.2) is 0 Å². The second-order valence-electron chi connectivity index (χ2n) is 6.92. The van der Waals surface area contributed by atoms with Crippen LogP contribution in [0.3, 0.4) is 0 Å². The van der Waals surface area contributed by atoms with E-state index in [1.807, 2.05) is 25.1 Å². The Kier molecular flexibility index (Phi) is 8.29. The van der Waals surface area contributed by atoms with Gasteiger partial charge in [-0.05, 0) is 73.0 Å². The van der Waals surface area contributed by atoms with Gasteiger partial charge in [0.2, 0.25) is 0 Å². The Labute approximate surface area is 180 Å². The third-order valence-electron chi connectivity index (χ3n) is 4.45. The third kappa shape index (κ3) is 6.28. The molecule has 0 saturated heterocycles. The molecule has 6 heteroatoms. The average Bonchev–Trinajstić information content (AvgIpc) is 2.61. The van der Waals surface area contributed by atoms with E-state index < -0.39 is 0 Å². The molecule has 0 aliphatic rings. The van der Waals surface area contributed by atoms with Crippen LogP contribution in [0.4, 0.5) is 0 Å². The van der Waals surface area contributed by atoms with Crippen LogP contribution in [0.1, 0.15) is 45.2 Å². The molecule has 3 nitrogen and oxygen atoms in total. The number of ether oxygens (including phenoxy) is 2. The topological polar surface area (TPSA) is 30.5 Å². The first-order valence-corrected chi connectivity index (χ1v) is 10.6. The maximum absolute atomic E-state index is 6.24. The zero-order chi connectivity index (χ0) is 20.0. The summed E-state index contributed by atoms with van der Waals surface area (Å²) < 4.78 is 12.7. The number of halogens is 3. The normalized spacial score (nSPS) is 11.5. The lowest BCUT2D eigenvalue weighted by Gasteiger charge is -2.25. The van der Waals surface area contributed by atoms with Gasteiger partial charge in [0.05, 0.1) is 11.1 Å². The maximum Gasteiger partial charge on any atom is 0.175 e. The van der Waals surface area contributed by atoms with Gasteiger partial charge in [0.1, 0.15) is 6.61 Å². The highest BCUT2D eigenvalue weighted by molar-refractivity contribution is 9.10. The molecule has 148 valence electrons. The van der Waals surface area contributed by atoms with Crippen LogP contribution < -0.4 is 14.8 Å². The summed E-state index contributed by atoms with van der Waals surface area (Å²) in [6.07, 6.45) is 1.05. The van der Waals surface area contributed by atoms with Crippen molar-refractivity contribution >= 4 is 39.1 Å². The number of hydrogen-bond acceptors (Lipinski definition) is 3. The Morgan fingerprint density at radius 1 is 1.07 bits per heavy atom. The molecule has 0 fully saturated rings. The quantitative estimate of drug-likeness (QED) is 0.423. The second-order valence-corrected chi connectivity index (χ2v) is 8.59. The fraction of sp³-hybridized carbons (Fsp3) is 0.429. The molecule has 0 radical (unpaired) electrons. The van der Waals surface area contributed by atoms with Gasteiger partial charge in [0.15, 0.2) is 11.5 Å². The summed E-state index contributed by atoms with van der Waals surface area (Å²) in [7, 11) is 0. The zero-order valence-electron chi connectivity index (χ0n) is 16.2. The van der Waals surface area contributed by atoms with E-state index in [2.05, 4.69) is 42.0 Å². The van der Waals surface area contributed by atoms with Crippen molar-refractivity contribution in [3.8, 4) is 11.5 Å². The van der Waals surface area contributed by atoms with Gasteiger partial charge in [-0.15, -0.1) is 0 Å². The Morgan fingerprint density at radius 2 is 1.74 bits per heavy atom. The highest BCUT2D eigenvalue weighted by Gasteiger charge is 2.17. The first kappa shape index (κ1) is 22.4. The molecule has 1 N–H and O–H groups in total. The van der Waals surface area contributed by atoms with Gasteiger partial charge >= 0.3 is 0 Å². The van der Waals surface area contributed by atoms with Crippen LogP contribution in [0, 0.1) is 0 Å². The van der Waals surface area contributed by atoms with Crippen LogP contribution in [-0.2, 0) is 13.2 Å². The van der Waals surface area contributed by atoms with E-state index in [0.29, 0.717) is 28.2 Å². The van der Waals surface area contributed by atoms with Crippen LogP contribution >= 0.6 is 39.1 Å². The summed E-state index contributed by atoms with van der Waals surface area (Å²) in [5.74, 6) is 1.34. The van der Waals surface area contributed by atoms with E-state index in [-0.39, 0.29) is 12.1 Å². The maximum atomic E-state index is 6.24. The average molecular weight is 475 g/mol. The van der Waals surface area contributed by atoms with Crippen LogP contribution in [0.2, 0.25) is 10.0 Å². The minimum absolute atomic E-state index is 0.0776. The van der Waals surface area contributed by atoms with Gasteiger partial charge in [-0.1, -0.05) is 36.2 Å². The Bertz CT molecular complexity index is 761. The van der Waals surface area contributed by atoms with Gasteiger partial charge < -0.3 is 14.8 Å². The molecule has 0 atom stereocenters. The summed E-state index contributed by atoms with van der Waals surface area (Å²) in [6, 6.07) is 9.47. The third-order valence-corrected chi connectivity index (χ3v) is 5.74. The van der Waals surface area contributed by atoms with Gasteiger partial charge in [0, 0.05) is 27.7 Å². The highest BCUT2D eigenvalue weighted by atomic mass is 79.9. The molecule has 0 saturated carbocycles. The molecule has 0 aromatic heterocycles. The first-order valence-electron chi connectivity index (χ1n) is 9.03. The van der Waals surface area contributed by atoms with Crippen molar-refractivity contribution in [3.05, 3.63) is 56.0 Å². The minimum Gasteiger partial charge on any atom is -0.490 e. The molecule has 0 amide bonds. The van der Waals surface area contributed by atoms with Crippen molar-refractivity contribution in [2.75, 3.05) is 6.61 Å². The summed E-state index contributed by atoms with van der Waals surface area (Å²) in [5, 5.41) is 4.73. The predicted octanol–water partition coefficient (Wildman–Crippen LogP) is 7.01. The summed E-state index contributed by atoms with van der Waals surface area (Å²) >= 11 is 16.1. The predicted molar refractivity (Wildman–Crippen MR) is 117 cm³/mol. The van der Waals surface area contributed by atoms with E-state index in [4.69, 9.17) is 32.7 Å². The largest absolute Gasteiger partial charge is 0.490 e. The minimum atomic E-state index is 0.0776. The van der Waals surface area contributed by atoms with Crippen molar-refractivity contribution in [2.24, 2.45) is 0 Å². The molecule has 2 aromatic rings. The molecule has 0 aliphatic heterocycles. The fourth-order valence-corrected chi connectivity index (χ4v) is 3.52.